The molecule has 1 aromatic heterocycles. The minimum atomic E-state index is -0.642. The van der Waals surface area contributed by atoms with Gasteiger partial charge in [0.1, 0.15) is 12.2 Å². The molecule has 0 radical (unpaired) electrons. The van der Waals surface area contributed by atoms with Gasteiger partial charge >= 0.3 is 0 Å². The van der Waals surface area contributed by atoms with Gasteiger partial charge in [-0.2, -0.15) is 4.57 Å². The molecule has 7 heteroatoms. The molecule has 0 bridgehead atoms. The van der Waals surface area contributed by atoms with Gasteiger partial charge in [-0.05, 0) is 25.5 Å². The van der Waals surface area contributed by atoms with Crippen molar-refractivity contribution in [3.8, 4) is 0 Å². The minimum absolute atomic E-state index is 0.210. The number of aromatic nitrogens is 1. The smallest absolute Gasteiger partial charge is 0.255 e. The zero-order chi connectivity index (χ0) is 18.2. The molecule has 5 N–H and O–H groups in total. The molecule has 25 heavy (non-hydrogen) atoms. The highest BCUT2D eigenvalue weighted by Crippen LogP contribution is 2.18. The van der Waals surface area contributed by atoms with Crippen LogP contribution in [0.3, 0.4) is 0 Å². The summed E-state index contributed by atoms with van der Waals surface area (Å²) in [6.45, 7) is 1.35. The molecule has 2 atom stereocenters. The van der Waals surface area contributed by atoms with Gasteiger partial charge in [0, 0.05) is 25.2 Å². The van der Waals surface area contributed by atoms with Crippen LogP contribution in [0.25, 0.3) is 5.70 Å². The van der Waals surface area contributed by atoms with E-state index in [4.69, 9.17) is 11.5 Å². The average molecular weight is 345 g/mol. The number of Topliss-reactive ketones (excluding diaryl/α,β-unsaturated/α-hetero) is 1. The Hall–Kier alpha value is -2.22. The standard InChI is InChI=1S/C18H25N4O3/c19-7-3-1-5-15(20)18(25)16-6-2-4-8-22(16)17-13(11-23)9-21-10-14(17)12-24/h2,4,6,8,11-13,15,21H,1,3,5,7,9-10,19-20H2/q+1/t13?,15-/m0/s1. The molecule has 2 rings (SSSR count). The average Bonchev–Trinajstić information content (AvgIpc) is 2.66. The Bertz CT molecular complexity index is 672. The summed E-state index contributed by atoms with van der Waals surface area (Å²) in [4.78, 5) is 35.7. The van der Waals surface area contributed by atoms with Gasteiger partial charge in [0.25, 0.3) is 5.69 Å². The Kier molecular flexibility index (Phi) is 7.12. The van der Waals surface area contributed by atoms with Crippen molar-refractivity contribution in [3.63, 3.8) is 0 Å². The maximum atomic E-state index is 12.8. The van der Waals surface area contributed by atoms with Crippen LogP contribution in [0.1, 0.15) is 29.8 Å². The van der Waals surface area contributed by atoms with E-state index in [9.17, 15) is 14.4 Å². The summed E-state index contributed by atoms with van der Waals surface area (Å²) >= 11 is 0. The second-order valence-electron chi connectivity index (χ2n) is 6.11. The van der Waals surface area contributed by atoms with Crippen molar-refractivity contribution in [1.29, 1.82) is 0 Å². The monoisotopic (exact) mass is 345 g/mol. The summed E-state index contributed by atoms with van der Waals surface area (Å²) in [5.74, 6) is -0.708. The van der Waals surface area contributed by atoms with Crippen LogP contribution in [0.2, 0.25) is 0 Å². The van der Waals surface area contributed by atoms with Crippen LogP contribution in [0, 0.1) is 5.92 Å². The van der Waals surface area contributed by atoms with E-state index in [2.05, 4.69) is 5.32 Å². The number of unbranched alkanes of at least 4 members (excludes halogenated alkanes) is 1. The molecule has 7 nitrogen and oxygen atoms in total. The summed E-state index contributed by atoms with van der Waals surface area (Å²) in [5, 5.41) is 3.04. The van der Waals surface area contributed by atoms with Crippen LogP contribution in [0.15, 0.2) is 30.0 Å². The number of carbonyl (C=O) groups excluding carboxylic acids is 3. The third-order valence-corrected chi connectivity index (χ3v) is 4.34. The summed E-state index contributed by atoms with van der Waals surface area (Å²) < 4.78 is 1.63. The molecule has 0 aliphatic carbocycles. The normalized spacial score (nSPS) is 18.7. The fourth-order valence-corrected chi connectivity index (χ4v) is 3.02. The maximum absolute atomic E-state index is 12.8. The molecule has 0 saturated carbocycles. The predicted molar refractivity (Wildman–Crippen MR) is 93.6 cm³/mol. The van der Waals surface area contributed by atoms with Crippen LogP contribution in [0.5, 0.6) is 0 Å². The van der Waals surface area contributed by atoms with Crippen LogP contribution in [-0.4, -0.2) is 44.0 Å². The van der Waals surface area contributed by atoms with Gasteiger partial charge < -0.3 is 21.6 Å². The van der Waals surface area contributed by atoms with E-state index in [1.165, 1.54) is 0 Å². The number of nitrogens with zero attached hydrogens (tertiary/aromatic N) is 1. The number of nitrogens with one attached hydrogen (secondary N) is 1. The number of aldehydes is 2. The van der Waals surface area contributed by atoms with E-state index in [1.54, 1.807) is 29.0 Å². The molecule has 1 aromatic rings. The Balaban J connectivity index is 2.40. The van der Waals surface area contributed by atoms with Gasteiger partial charge in [0.2, 0.25) is 11.5 Å². The molecule has 0 saturated heterocycles. The molecule has 1 aliphatic rings. The van der Waals surface area contributed by atoms with Crippen LogP contribution in [0.4, 0.5) is 0 Å². The summed E-state index contributed by atoms with van der Waals surface area (Å²) in [5.41, 5.74) is 12.9. The predicted octanol–water partition coefficient (Wildman–Crippen LogP) is -0.559. The highest BCUT2D eigenvalue weighted by atomic mass is 16.1. The fraction of sp³-hybridized carbons (Fsp3) is 0.444. The molecule has 0 aromatic carbocycles. The SMILES string of the molecule is NCCCC[C@H](N)C(=O)c1cccc[n+]1C1=C(C=O)CNCC1C=O. The molecule has 0 fully saturated rings. The minimum Gasteiger partial charge on any atom is -0.330 e. The third kappa shape index (κ3) is 4.45. The van der Waals surface area contributed by atoms with Gasteiger partial charge in [0.15, 0.2) is 12.5 Å². The van der Waals surface area contributed by atoms with Gasteiger partial charge in [-0.25, -0.2) is 0 Å². The number of ketones is 1. The Morgan fingerprint density at radius 1 is 1.36 bits per heavy atom. The molecular formula is C18H25N4O3+. The Labute approximate surface area is 147 Å². The molecule has 0 amide bonds. The highest BCUT2D eigenvalue weighted by Gasteiger charge is 2.35. The Morgan fingerprint density at radius 2 is 2.16 bits per heavy atom. The van der Waals surface area contributed by atoms with Crippen molar-refractivity contribution >= 4 is 24.1 Å². The number of pyridine rings is 1. The lowest BCUT2D eigenvalue weighted by atomic mass is 9.96. The topological polar surface area (TPSA) is 119 Å². The van der Waals surface area contributed by atoms with E-state index in [0.29, 0.717) is 43.0 Å². The van der Waals surface area contributed by atoms with Gasteiger partial charge in [-0.15, -0.1) is 0 Å². The first-order chi connectivity index (χ1) is 12.1. The van der Waals surface area contributed by atoms with Crippen LogP contribution >= 0.6 is 0 Å². The number of carbonyl (C=O) groups is 3. The summed E-state index contributed by atoms with van der Waals surface area (Å²) in [6, 6.07) is 4.53. The zero-order valence-electron chi connectivity index (χ0n) is 14.2. The second-order valence-corrected chi connectivity index (χ2v) is 6.11. The van der Waals surface area contributed by atoms with E-state index < -0.39 is 12.0 Å². The van der Waals surface area contributed by atoms with Crippen LogP contribution in [-0.2, 0) is 9.59 Å². The zero-order valence-corrected chi connectivity index (χ0v) is 14.2. The number of hydrogen-bond acceptors (Lipinski definition) is 6. The first-order valence-corrected chi connectivity index (χ1v) is 8.49. The summed E-state index contributed by atoms with van der Waals surface area (Å²) in [7, 11) is 0. The molecule has 134 valence electrons. The number of rotatable bonds is 9. The molecule has 1 aliphatic heterocycles. The quantitative estimate of drug-likeness (QED) is 0.239. The van der Waals surface area contributed by atoms with E-state index in [-0.39, 0.29) is 5.78 Å². The van der Waals surface area contributed by atoms with E-state index in [0.717, 1.165) is 25.4 Å². The highest BCUT2D eigenvalue weighted by molar-refractivity contribution is 5.97. The molecule has 0 spiro atoms. The largest absolute Gasteiger partial charge is 0.330 e. The van der Waals surface area contributed by atoms with E-state index >= 15 is 0 Å². The maximum Gasteiger partial charge on any atom is 0.255 e. The molecule has 2 heterocycles. The van der Waals surface area contributed by atoms with Crippen molar-refractivity contribution in [2.75, 3.05) is 19.6 Å². The third-order valence-electron chi connectivity index (χ3n) is 4.34. The molecule has 1 unspecified atom stereocenters. The number of nitrogens with two attached hydrogens (primary N) is 2. The van der Waals surface area contributed by atoms with Crippen molar-refractivity contribution in [2.45, 2.75) is 25.3 Å². The number of hydrogen-bond donors (Lipinski definition) is 3. The second kappa shape index (κ2) is 9.31. The first-order valence-electron chi connectivity index (χ1n) is 8.49. The van der Waals surface area contributed by atoms with Crippen molar-refractivity contribution in [3.05, 3.63) is 35.7 Å². The first kappa shape index (κ1) is 19.1. The van der Waals surface area contributed by atoms with Gasteiger partial charge in [0.05, 0.1) is 11.6 Å². The fourth-order valence-electron chi connectivity index (χ4n) is 3.02. The van der Waals surface area contributed by atoms with Crippen molar-refractivity contribution < 1.29 is 19.0 Å². The lowest BCUT2D eigenvalue weighted by Crippen LogP contribution is -2.50. The lowest BCUT2D eigenvalue weighted by Gasteiger charge is -2.20. The van der Waals surface area contributed by atoms with Gasteiger partial charge in [-0.3, -0.25) is 9.59 Å². The Morgan fingerprint density at radius 3 is 2.84 bits per heavy atom. The molecular weight excluding hydrogens is 320 g/mol. The van der Waals surface area contributed by atoms with Gasteiger partial charge in [-0.1, -0.05) is 6.42 Å². The van der Waals surface area contributed by atoms with E-state index in [1.807, 2.05) is 0 Å². The lowest BCUT2D eigenvalue weighted by molar-refractivity contribution is -0.588. The summed E-state index contributed by atoms with van der Waals surface area (Å²) in [6.07, 6.45) is 5.35. The van der Waals surface area contributed by atoms with Crippen molar-refractivity contribution in [2.24, 2.45) is 17.4 Å². The van der Waals surface area contributed by atoms with Crippen LogP contribution < -0.4 is 21.4 Å². The van der Waals surface area contributed by atoms with Crippen molar-refractivity contribution in [1.82, 2.24) is 5.32 Å².